The predicted molar refractivity (Wildman–Crippen MR) is 165 cm³/mol. The molecule has 0 spiro atoms. The Morgan fingerprint density at radius 1 is 0.590 bits per heavy atom. The summed E-state index contributed by atoms with van der Waals surface area (Å²) in [5, 5.41) is 7.64. The summed E-state index contributed by atoms with van der Waals surface area (Å²) >= 11 is 0. The van der Waals surface area contributed by atoms with E-state index in [4.69, 9.17) is 0 Å². The standard InChI is InChI=1S/C37H28N2/c1-3-11-25(12-4-1)36-28-15-7-9-17-30(28)37(31-18-10-8-16-29(31)36)26-19-20-34-32(23-26)33-24-38-22-21-35(33)39(34)27-13-5-2-6-14-27/h1,3-5,7-13,15-24,27H,2,6,14H2. The van der Waals surface area contributed by atoms with E-state index in [1.807, 2.05) is 12.4 Å². The van der Waals surface area contributed by atoms with Crippen LogP contribution in [0.5, 0.6) is 0 Å². The minimum Gasteiger partial charge on any atom is -0.333 e. The third-order valence-electron chi connectivity index (χ3n) is 8.45. The van der Waals surface area contributed by atoms with Crippen molar-refractivity contribution in [3.05, 3.63) is 128 Å². The Morgan fingerprint density at radius 2 is 1.23 bits per heavy atom. The summed E-state index contributed by atoms with van der Waals surface area (Å²) in [6, 6.07) is 38.2. The number of hydrogen-bond acceptors (Lipinski definition) is 1. The van der Waals surface area contributed by atoms with Gasteiger partial charge in [0.05, 0.1) is 11.6 Å². The third-order valence-corrected chi connectivity index (χ3v) is 8.45. The lowest BCUT2D eigenvalue weighted by atomic mass is 9.86. The van der Waals surface area contributed by atoms with Gasteiger partial charge in [-0.3, -0.25) is 4.98 Å². The van der Waals surface area contributed by atoms with Crippen LogP contribution in [0.15, 0.2) is 128 Å². The molecule has 0 aliphatic heterocycles. The van der Waals surface area contributed by atoms with Crippen LogP contribution in [0.4, 0.5) is 0 Å². The molecule has 1 aliphatic carbocycles. The van der Waals surface area contributed by atoms with E-state index in [1.165, 1.54) is 84.9 Å². The molecule has 8 rings (SSSR count). The second kappa shape index (κ2) is 8.96. The average Bonchev–Trinajstić information content (AvgIpc) is 3.34. The molecule has 1 unspecified atom stereocenters. The summed E-state index contributed by atoms with van der Waals surface area (Å²) in [5.41, 5.74) is 7.65. The van der Waals surface area contributed by atoms with E-state index in [9.17, 15) is 0 Å². The molecule has 5 aromatic carbocycles. The number of fused-ring (bicyclic) bond motifs is 5. The third kappa shape index (κ3) is 3.45. The van der Waals surface area contributed by atoms with Crippen LogP contribution in [0.2, 0.25) is 0 Å². The van der Waals surface area contributed by atoms with Gasteiger partial charge < -0.3 is 4.57 Å². The number of aromatic nitrogens is 2. The maximum absolute atomic E-state index is 4.54. The summed E-state index contributed by atoms with van der Waals surface area (Å²) in [6.45, 7) is 0. The van der Waals surface area contributed by atoms with E-state index >= 15 is 0 Å². The molecule has 0 bridgehead atoms. The SMILES string of the molecule is C1=CC(n2c3ccncc3c3cc(-c4c5ccccc5c(-c5ccccc5)c5ccccc45)ccc32)CCC1. The van der Waals surface area contributed by atoms with Gasteiger partial charge in [-0.1, -0.05) is 97.1 Å². The first-order valence-electron chi connectivity index (χ1n) is 13.9. The fourth-order valence-corrected chi connectivity index (χ4v) is 6.77. The van der Waals surface area contributed by atoms with Crippen molar-refractivity contribution >= 4 is 43.4 Å². The second-order valence-electron chi connectivity index (χ2n) is 10.6. The molecule has 186 valence electrons. The molecule has 7 aromatic rings. The highest BCUT2D eigenvalue weighted by molar-refractivity contribution is 6.22. The van der Waals surface area contributed by atoms with Crippen LogP contribution in [0.3, 0.4) is 0 Å². The second-order valence-corrected chi connectivity index (χ2v) is 10.6. The van der Waals surface area contributed by atoms with E-state index in [1.54, 1.807) is 0 Å². The molecule has 1 aliphatic rings. The molecule has 0 amide bonds. The van der Waals surface area contributed by atoms with Crippen LogP contribution >= 0.6 is 0 Å². The number of pyridine rings is 1. The number of nitrogens with zero attached hydrogens (tertiary/aromatic N) is 2. The van der Waals surface area contributed by atoms with Crippen molar-refractivity contribution in [2.75, 3.05) is 0 Å². The van der Waals surface area contributed by atoms with Crippen molar-refractivity contribution in [3.63, 3.8) is 0 Å². The van der Waals surface area contributed by atoms with Crippen LogP contribution in [0, 0.1) is 0 Å². The molecule has 0 saturated heterocycles. The number of allylic oxidation sites excluding steroid dienone is 2. The van der Waals surface area contributed by atoms with E-state index in [2.05, 4.69) is 125 Å². The van der Waals surface area contributed by atoms with Crippen molar-refractivity contribution in [2.24, 2.45) is 0 Å². The molecule has 1 atom stereocenters. The Morgan fingerprint density at radius 3 is 1.90 bits per heavy atom. The quantitative estimate of drug-likeness (QED) is 0.174. The first-order chi connectivity index (χ1) is 19.4. The maximum Gasteiger partial charge on any atom is 0.0528 e. The molecule has 2 heteroatoms. The lowest BCUT2D eigenvalue weighted by Gasteiger charge is -2.21. The number of rotatable bonds is 3. The Hall–Kier alpha value is -4.69. The highest BCUT2D eigenvalue weighted by atomic mass is 15.0. The zero-order valence-corrected chi connectivity index (χ0v) is 21.7. The van der Waals surface area contributed by atoms with Gasteiger partial charge in [0.15, 0.2) is 0 Å². The smallest absolute Gasteiger partial charge is 0.0528 e. The molecule has 2 heterocycles. The van der Waals surface area contributed by atoms with Gasteiger partial charge in [0.2, 0.25) is 0 Å². The lowest BCUT2D eigenvalue weighted by molar-refractivity contribution is 0.542. The number of benzene rings is 5. The zero-order valence-electron chi connectivity index (χ0n) is 21.7. The number of hydrogen-bond donors (Lipinski definition) is 0. The molecular weight excluding hydrogens is 472 g/mol. The summed E-state index contributed by atoms with van der Waals surface area (Å²) in [7, 11) is 0. The lowest BCUT2D eigenvalue weighted by Crippen LogP contribution is -2.08. The van der Waals surface area contributed by atoms with Gasteiger partial charge >= 0.3 is 0 Å². The molecule has 0 radical (unpaired) electrons. The highest BCUT2D eigenvalue weighted by Crippen LogP contribution is 2.45. The van der Waals surface area contributed by atoms with Crippen molar-refractivity contribution < 1.29 is 0 Å². The summed E-state index contributed by atoms with van der Waals surface area (Å²) in [4.78, 5) is 4.54. The van der Waals surface area contributed by atoms with Gasteiger partial charge in [-0.25, -0.2) is 0 Å². The maximum atomic E-state index is 4.54. The molecule has 0 fully saturated rings. The van der Waals surface area contributed by atoms with Crippen LogP contribution in [-0.4, -0.2) is 9.55 Å². The average molecular weight is 501 g/mol. The minimum atomic E-state index is 0.388. The van der Waals surface area contributed by atoms with Crippen LogP contribution in [0.1, 0.15) is 25.3 Å². The Labute approximate surface area is 227 Å². The van der Waals surface area contributed by atoms with E-state index in [0.717, 1.165) is 0 Å². The molecule has 39 heavy (non-hydrogen) atoms. The van der Waals surface area contributed by atoms with E-state index in [0.29, 0.717) is 6.04 Å². The van der Waals surface area contributed by atoms with Gasteiger partial charge in [0.25, 0.3) is 0 Å². The van der Waals surface area contributed by atoms with Gasteiger partial charge in [-0.05, 0) is 81.3 Å². The molecule has 0 N–H and O–H groups in total. The van der Waals surface area contributed by atoms with Crippen molar-refractivity contribution in [1.29, 1.82) is 0 Å². The Balaban J connectivity index is 1.46. The zero-order chi connectivity index (χ0) is 25.8. The molecule has 0 saturated carbocycles. The molecule has 2 aromatic heterocycles. The largest absolute Gasteiger partial charge is 0.333 e. The monoisotopic (exact) mass is 500 g/mol. The van der Waals surface area contributed by atoms with Crippen LogP contribution in [0.25, 0.3) is 65.6 Å². The van der Waals surface area contributed by atoms with E-state index in [-0.39, 0.29) is 0 Å². The summed E-state index contributed by atoms with van der Waals surface area (Å²) < 4.78 is 2.53. The first-order valence-corrected chi connectivity index (χ1v) is 13.9. The van der Waals surface area contributed by atoms with E-state index < -0.39 is 0 Å². The molecular formula is C37H28N2. The van der Waals surface area contributed by atoms with Crippen LogP contribution < -0.4 is 0 Å². The minimum absolute atomic E-state index is 0.388. The molecule has 2 nitrogen and oxygen atoms in total. The Bertz CT molecular complexity index is 1990. The van der Waals surface area contributed by atoms with Gasteiger partial charge in [-0.2, -0.15) is 0 Å². The predicted octanol–water partition coefficient (Wildman–Crippen LogP) is 10.1. The van der Waals surface area contributed by atoms with Crippen molar-refractivity contribution in [3.8, 4) is 22.3 Å². The van der Waals surface area contributed by atoms with Crippen molar-refractivity contribution in [2.45, 2.75) is 25.3 Å². The van der Waals surface area contributed by atoms with Crippen LogP contribution in [-0.2, 0) is 0 Å². The fourth-order valence-electron chi connectivity index (χ4n) is 6.77. The summed E-state index contributed by atoms with van der Waals surface area (Å²) in [5.74, 6) is 0. The van der Waals surface area contributed by atoms with Gasteiger partial charge in [-0.15, -0.1) is 0 Å². The normalized spacial score (nSPS) is 15.5. The van der Waals surface area contributed by atoms with Crippen molar-refractivity contribution in [1.82, 2.24) is 9.55 Å². The fraction of sp³-hybridized carbons (Fsp3) is 0.108. The van der Waals surface area contributed by atoms with Gasteiger partial charge in [0, 0.05) is 28.7 Å². The van der Waals surface area contributed by atoms with Gasteiger partial charge in [0.1, 0.15) is 0 Å². The highest BCUT2D eigenvalue weighted by Gasteiger charge is 2.20. The first kappa shape index (κ1) is 22.3. The topological polar surface area (TPSA) is 17.8 Å². The Kier molecular flexibility index (Phi) is 5.12. The summed E-state index contributed by atoms with van der Waals surface area (Å²) in [6.07, 6.45) is 12.3.